The van der Waals surface area contributed by atoms with Crippen LogP contribution in [-0.4, -0.2) is 0 Å². The van der Waals surface area contributed by atoms with E-state index in [1.165, 1.54) is 49.0 Å². The van der Waals surface area contributed by atoms with E-state index >= 15 is 0 Å². The molecule has 8 aromatic carbocycles. The van der Waals surface area contributed by atoms with Gasteiger partial charge in [-0.2, -0.15) is 0 Å². The summed E-state index contributed by atoms with van der Waals surface area (Å²) in [6, 6.07) is 52.0. The summed E-state index contributed by atoms with van der Waals surface area (Å²) in [6.07, 6.45) is 0. The molecule has 0 N–H and O–H groups in total. The number of para-hydroxylation sites is 1. The Morgan fingerprint density at radius 3 is 1.57 bits per heavy atom. The molecule has 2 aromatic heterocycles. The number of fused-ring (bicyclic) bond motifs is 9. The number of furan rings is 2. The fourth-order valence-electron chi connectivity index (χ4n) is 7.31. The first-order valence-electron chi connectivity index (χ1n) is 15.0. The lowest BCUT2D eigenvalue weighted by Gasteiger charge is -2.19. The minimum absolute atomic E-state index is 0.800. The molecule has 2 heterocycles. The Hall–Kier alpha value is -5.86. The first-order valence-corrected chi connectivity index (χ1v) is 15.0. The third-order valence-electron chi connectivity index (χ3n) is 9.22. The van der Waals surface area contributed by atoms with Crippen molar-refractivity contribution in [2.45, 2.75) is 0 Å². The molecule has 10 aromatic rings. The Bertz CT molecular complexity index is 2720. The van der Waals surface area contributed by atoms with Crippen LogP contribution in [-0.2, 0) is 0 Å². The molecule has 0 atom stereocenters. The Balaban J connectivity index is 1.40. The number of hydrogen-bond donors (Lipinski definition) is 0. The van der Waals surface area contributed by atoms with Crippen molar-refractivity contribution in [3.05, 3.63) is 146 Å². The van der Waals surface area contributed by atoms with Crippen molar-refractivity contribution >= 4 is 76.2 Å². The number of benzene rings is 8. The van der Waals surface area contributed by atoms with E-state index in [2.05, 4.69) is 127 Å². The number of rotatable bonds is 2. The van der Waals surface area contributed by atoms with Gasteiger partial charge >= 0.3 is 0 Å². The van der Waals surface area contributed by atoms with Gasteiger partial charge < -0.3 is 8.83 Å². The molecular weight excluding hydrogens is 536 g/mol. The molecule has 0 bridgehead atoms. The molecule has 2 heteroatoms. The molecule has 2 nitrogen and oxygen atoms in total. The Morgan fingerprint density at radius 2 is 0.841 bits per heavy atom. The highest BCUT2D eigenvalue weighted by Crippen LogP contribution is 2.50. The number of hydrogen-bond acceptors (Lipinski definition) is 2. The van der Waals surface area contributed by atoms with Crippen LogP contribution in [0.15, 0.2) is 154 Å². The lowest BCUT2D eigenvalue weighted by molar-refractivity contribution is 0.653. The lowest BCUT2D eigenvalue weighted by Crippen LogP contribution is -1.92. The van der Waals surface area contributed by atoms with Crippen molar-refractivity contribution in [3.63, 3.8) is 0 Å². The van der Waals surface area contributed by atoms with Crippen molar-refractivity contribution in [1.29, 1.82) is 0 Å². The SMILES string of the molecule is c1ccc2cc(-c3c4ccccc4c(-c4c5ccccc5cc5c4oc4c6ccccc6oc54)c4ccccc34)ccc2c1. The van der Waals surface area contributed by atoms with Crippen LogP contribution in [0.1, 0.15) is 0 Å². The predicted molar refractivity (Wildman–Crippen MR) is 184 cm³/mol. The van der Waals surface area contributed by atoms with Gasteiger partial charge in [0.2, 0.25) is 0 Å². The largest absolute Gasteiger partial charge is 0.452 e. The molecule has 0 saturated heterocycles. The standard InChI is InChI=1S/C42H24O2/c1-2-12-26-23-28(22-21-25(26)11-1)37-30-15-5-7-17-32(30)38(33-18-8-6-16-31(33)37)39-29-14-4-3-13-27(29)24-35-40(39)44-41-34-19-9-10-20-36(34)43-42(35)41/h1-24H. The van der Waals surface area contributed by atoms with Gasteiger partial charge in [-0.15, -0.1) is 0 Å². The zero-order chi connectivity index (χ0) is 28.8. The van der Waals surface area contributed by atoms with E-state index in [1.54, 1.807) is 0 Å². The van der Waals surface area contributed by atoms with E-state index in [1.807, 2.05) is 18.2 Å². The molecule has 10 rings (SSSR count). The molecule has 204 valence electrons. The molecule has 0 aliphatic carbocycles. The lowest BCUT2D eigenvalue weighted by atomic mass is 9.84. The maximum Gasteiger partial charge on any atom is 0.181 e. The van der Waals surface area contributed by atoms with E-state index in [9.17, 15) is 0 Å². The van der Waals surface area contributed by atoms with Gasteiger partial charge in [0.1, 0.15) is 11.2 Å². The maximum absolute atomic E-state index is 6.87. The molecule has 0 unspecified atom stereocenters. The van der Waals surface area contributed by atoms with Gasteiger partial charge in [-0.05, 0) is 78.5 Å². The average Bonchev–Trinajstić information content (AvgIpc) is 3.62. The first-order chi connectivity index (χ1) is 21.8. The predicted octanol–water partition coefficient (Wildman–Crippen LogP) is 12.3. The second-order valence-electron chi connectivity index (χ2n) is 11.6. The third kappa shape index (κ3) is 3.20. The summed E-state index contributed by atoms with van der Waals surface area (Å²) in [7, 11) is 0. The van der Waals surface area contributed by atoms with Gasteiger partial charge in [-0.1, -0.05) is 121 Å². The quantitative estimate of drug-likeness (QED) is 0.197. The molecule has 0 aliphatic heterocycles. The molecule has 0 spiro atoms. The summed E-state index contributed by atoms with van der Waals surface area (Å²) in [5.41, 5.74) is 8.05. The normalized spacial score (nSPS) is 12.1. The topological polar surface area (TPSA) is 26.3 Å². The highest BCUT2D eigenvalue weighted by atomic mass is 16.4. The molecule has 0 saturated carbocycles. The molecule has 0 fully saturated rings. The fraction of sp³-hybridized carbons (Fsp3) is 0. The van der Waals surface area contributed by atoms with E-state index in [4.69, 9.17) is 8.83 Å². The van der Waals surface area contributed by atoms with Crippen molar-refractivity contribution in [1.82, 2.24) is 0 Å². The molecule has 44 heavy (non-hydrogen) atoms. The molecular formula is C42H24O2. The van der Waals surface area contributed by atoms with Gasteiger partial charge in [-0.3, -0.25) is 0 Å². The van der Waals surface area contributed by atoms with Crippen LogP contribution >= 0.6 is 0 Å². The summed E-state index contributed by atoms with van der Waals surface area (Å²) in [4.78, 5) is 0. The second-order valence-corrected chi connectivity index (χ2v) is 11.6. The maximum atomic E-state index is 6.87. The van der Waals surface area contributed by atoms with Crippen LogP contribution in [0.5, 0.6) is 0 Å². The fourth-order valence-corrected chi connectivity index (χ4v) is 7.31. The van der Waals surface area contributed by atoms with Crippen molar-refractivity contribution in [3.8, 4) is 22.3 Å². The first kappa shape index (κ1) is 23.7. The Morgan fingerprint density at radius 1 is 0.295 bits per heavy atom. The average molecular weight is 561 g/mol. The molecule has 0 amide bonds. The van der Waals surface area contributed by atoms with E-state index in [-0.39, 0.29) is 0 Å². The molecule has 0 radical (unpaired) electrons. The Kier molecular flexibility index (Phi) is 4.75. The summed E-state index contributed by atoms with van der Waals surface area (Å²) >= 11 is 0. The van der Waals surface area contributed by atoms with Gasteiger partial charge in [-0.25, -0.2) is 0 Å². The Labute approximate surface area is 252 Å². The van der Waals surface area contributed by atoms with Gasteiger partial charge in [0.25, 0.3) is 0 Å². The van der Waals surface area contributed by atoms with Crippen molar-refractivity contribution in [2.75, 3.05) is 0 Å². The van der Waals surface area contributed by atoms with Crippen LogP contribution in [0, 0.1) is 0 Å². The summed E-state index contributed by atoms with van der Waals surface area (Å²) < 4.78 is 13.3. The summed E-state index contributed by atoms with van der Waals surface area (Å²) in [6.45, 7) is 0. The van der Waals surface area contributed by atoms with Crippen LogP contribution in [0.3, 0.4) is 0 Å². The summed E-state index contributed by atoms with van der Waals surface area (Å²) in [5.74, 6) is 0. The minimum atomic E-state index is 0.800. The zero-order valence-electron chi connectivity index (χ0n) is 23.7. The van der Waals surface area contributed by atoms with Gasteiger partial charge in [0.05, 0.1) is 10.8 Å². The monoisotopic (exact) mass is 560 g/mol. The van der Waals surface area contributed by atoms with E-state index in [0.717, 1.165) is 49.4 Å². The molecule has 0 aliphatic rings. The van der Waals surface area contributed by atoms with E-state index < -0.39 is 0 Å². The van der Waals surface area contributed by atoms with Crippen LogP contribution < -0.4 is 0 Å². The van der Waals surface area contributed by atoms with Crippen molar-refractivity contribution in [2.24, 2.45) is 0 Å². The van der Waals surface area contributed by atoms with Gasteiger partial charge in [0.15, 0.2) is 11.2 Å². The highest BCUT2D eigenvalue weighted by molar-refractivity contribution is 6.29. The summed E-state index contributed by atoms with van der Waals surface area (Å²) in [5, 5.41) is 11.6. The zero-order valence-corrected chi connectivity index (χ0v) is 23.7. The second kappa shape index (κ2) is 8.82. The van der Waals surface area contributed by atoms with E-state index in [0.29, 0.717) is 0 Å². The minimum Gasteiger partial charge on any atom is -0.452 e. The van der Waals surface area contributed by atoms with Gasteiger partial charge in [0, 0.05) is 11.1 Å². The van der Waals surface area contributed by atoms with Crippen LogP contribution in [0.25, 0.3) is 98.4 Å². The van der Waals surface area contributed by atoms with Crippen molar-refractivity contribution < 1.29 is 8.83 Å². The highest BCUT2D eigenvalue weighted by Gasteiger charge is 2.24. The smallest absolute Gasteiger partial charge is 0.181 e. The third-order valence-corrected chi connectivity index (χ3v) is 9.22. The van der Waals surface area contributed by atoms with Crippen LogP contribution in [0.2, 0.25) is 0 Å². The van der Waals surface area contributed by atoms with Crippen LogP contribution in [0.4, 0.5) is 0 Å².